The average Bonchev–Trinajstić information content (AvgIpc) is 3.20. The van der Waals surface area contributed by atoms with Crippen LogP contribution in [0.15, 0.2) is 60.7 Å². The number of rotatable bonds is 4. The summed E-state index contributed by atoms with van der Waals surface area (Å²) in [5.74, 6) is 0. The van der Waals surface area contributed by atoms with Gasteiger partial charge in [0.1, 0.15) is 0 Å². The quantitative estimate of drug-likeness (QED) is 0.524. The number of fused-ring (bicyclic) bond motifs is 1. The molecule has 0 amide bonds. The Kier molecular flexibility index (Phi) is 4.21. The zero-order valence-electron chi connectivity index (χ0n) is 12.9. The Balaban J connectivity index is 1.78. The van der Waals surface area contributed by atoms with Gasteiger partial charge in [0.05, 0.1) is 13.2 Å². The molecular formula is C20H16O2S2. The molecule has 0 spiro atoms. The van der Waals surface area contributed by atoms with E-state index in [1.807, 2.05) is 36.4 Å². The Bertz CT molecular complexity index is 889. The molecule has 4 aromatic rings. The van der Waals surface area contributed by atoms with E-state index in [9.17, 15) is 10.2 Å². The molecule has 4 rings (SSSR count). The SMILES string of the molecule is OCc1ccccc1-c1cc2sc(-c3ccccc3CO)cc2s1. The van der Waals surface area contributed by atoms with Gasteiger partial charge in [-0.25, -0.2) is 0 Å². The first-order valence-electron chi connectivity index (χ1n) is 7.72. The van der Waals surface area contributed by atoms with Crippen LogP contribution in [0, 0.1) is 0 Å². The summed E-state index contributed by atoms with van der Waals surface area (Å²) in [5, 5.41) is 19.1. The molecule has 2 aromatic carbocycles. The molecule has 0 aliphatic carbocycles. The fraction of sp³-hybridized carbons (Fsp3) is 0.100. The highest BCUT2D eigenvalue weighted by molar-refractivity contribution is 7.31. The summed E-state index contributed by atoms with van der Waals surface area (Å²) < 4.78 is 2.48. The van der Waals surface area contributed by atoms with Crippen LogP contribution in [0.2, 0.25) is 0 Å². The molecule has 2 N–H and O–H groups in total. The van der Waals surface area contributed by atoms with Crippen LogP contribution < -0.4 is 0 Å². The molecule has 0 bridgehead atoms. The molecule has 2 aromatic heterocycles. The topological polar surface area (TPSA) is 40.5 Å². The van der Waals surface area contributed by atoms with Gasteiger partial charge in [0.15, 0.2) is 0 Å². The highest BCUT2D eigenvalue weighted by Gasteiger charge is 2.13. The van der Waals surface area contributed by atoms with E-state index >= 15 is 0 Å². The van der Waals surface area contributed by atoms with E-state index in [4.69, 9.17) is 0 Å². The molecule has 24 heavy (non-hydrogen) atoms. The minimum Gasteiger partial charge on any atom is -0.392 e. The Morgan fingerprint density at radius 1 is 0.625 bits per heavy atom. The number of thiophene rings is 2. The monoisotopic (exact) mass is 352 g/mol. The van der Waals surface area contributed by atoms with Crippen LogP contribution in [-0.4, -0.2) is 10.2 Å². The van der Waals surface area contributed by atoms with Gasteiger partial charge in [0, 0.05) is 19.2 Å². The molecule has 0 aliphatic heterocycles. The van der Waals surface area contributed by atoms with E-state index in [1.165, 1.54) is 19.2 Å². The van der Waals surface area contributed by atoms with Crippen molar-refractivity contribution in [1.82, 2.24) is 0 Å². The lowest BCUT2D eigenvalue weighted by Crippen LogP contribution is -1.86. The number of benzene rings is 2. The minimum absolute atomic E-state index is 0.0524. The Morgan fingerprint density at radius 3 is 1.46 bits per heavy atom. The third-order valence-corrected chi connectivity index (χ3v) is 6.47. The third kappa shape index (κ3) is 2.68. The van der Waals surface area contributed by atoms with Gasteiger partial charge in [-0.05, 0) is 34.4 Å². The Labute approximate surface area is 148 Å². The van der Waals surface area contributed by atoms with Crippen molar-refractivity contribution in [2.75, 3.05) is 0 Å². The first-order valence-corrected chi connectivity index (χ1v) is 9.35. The zero-order chi connectivity index (χ0) is 16.5. The molecular weight excluding hydrogens is 336 g/mol. The van der Waals surface area contributed by atoms with E-state index < -0.39 is 0 Å². The molecule has 2 nitrogen and oxygen atoms in total. The second-order valence-corrected chi connectivity index (χ2v) is 7.75. The molecule has 0 saturated heterocycles. The predicted molar refractivity (Wildman–Crippen MR) is 102 cm³/mol. The van der Waals surface area contributed by atoms with E-state index in [2.05, 4.69) is 24.3 Å². The normalized spacial score (nSPS) is 11.2. The maximum atomic E-state index is 9.54. The maximum absolute atomic E-state index is 9.54. The molecule has 0 atom stereocenters. The first kappa shape index (κ1) is 15.5. The molecule has 2 heterocycles. The number of aliphatic hydroxyl groups excluding tert-OH is 2. The largest absolute Gasteiger partial charge is 0.392 e. The standard InChI is InChI=1S/C20H16O2S2/c21-11-13-5-1-3-7-15(13)17-9-19-20(23-17)10-18(24-19)16-8-4-2-6-14(16)12-22/h1-10,21-22H,11-12H2. The van der Waals surface area contributed by atoms with Crippen LogP contribution >= 0.6 is 22.7 Å². The fourth-order valence-electron chi connectivity index (χ4n) is 2.90. The number of hydrogen-bond donors (Lipinski definition) is 2. The van der Waals surface area contributed by atoms with E-state index in [0.29, 0.717) is 0 Å². The lowest BCUT2D eigenvalue weighted by atomic mass is 10.1. The van der Waals surface area contributed by atoms with Gasteiger partial charge >= 0.3 is 0 Å². The molecule has 0 radical (unpaired) electrons. The van der Waals surface area contributed by atoms with Crippen LogP contribution in [0.4, 0.5) is 0 Å². The van der Waals surface area contributed by atoms with Crippen molar-refractivity contribution in [2.45, 2.75) is 13.2 Å². The van der Waals surface area contributed by atoms with Crippen molar-refractivity contribution >= 4 is 32.1 Å². The van der Waals surface area contributed by atoms with Crippen LogP contribution in [0.5, 0.6) is 0 Å². The zero-order valence-corrected chi connectivity index (χ0v) is 14.5. The second kappa shape index (κ2) is 6.49. The summed E-state index contributed by atoms with van der Waals surface area (Å²) in [7, 11) is 0. The smallest absolute Gasteiger partial charge is 0.0688 e. The lowest BCUT2D eigenvalue weighted by Gasteiger charge is -2.04. The second-order valence-electron chi connectivity index (χ2n) is 5.58. The van der Waals surface area contributed by atoms with Crippen molar-refractivity contribution < 1.29 is 10.2 Å². The number of hydrogen-bond acceptors (Lipinski definition) is 4. The summed E-state index contributed by atoms with van der Waals surface area (Å²) in [6.45, 7) is 0.105. The summed E-state index contributed by atoms with van der Waals surface area (Å²) in [5.41, 5.74) is 4.12. The number of aliphatic hydroxyl groups is 2. The van der Waals surface area contributed by atoms with Gasteiger partial charge in [0.2, 0.25) is 0 Å². The van der Waals surface area contributed by atoms with E-state index in [1.54, 1.807) is 22.7 Å². The van der Waals surface area contributed by atoms with Gasteiger partial charge in [0.25, 0.3) is 0 Å². The average molecular weight is 352 g/mol. The minimum atomic E-state index is 0.0524. The molecule has 0 unspecified atom stereocenters. The molecule has 0 fully saturated rings. The highest BCUT2D eigenvalue weighted by atomic mass is 32.1. The van der Waals surface area contributed by atoms with Gasteiger partial charge in [-0.3, -0.25) is 0 Å². The molecule has 120 valence electrons. The Morgan fingerprint density at radius 2 is 1.04 bits per heavy atom. The lowest BCUT2D eigenvalue weighted by molar-refractivity contribution is 0.282. The van der Waals surface area contributed by atoms with Gasteiger partial charge < -0.3 is 10.2 Å². The van der Waals surface area contributed by atoms with E-state index in [0.717, 1.165) is 22.3 Å². The van der Waals surface area contributed by atoms with Crippen molar-refractivity contribution in [1.29, 1.82) is 0 Å². The summed E-state index contributed by atoms with van der Waals surface area (Å²) in [6.07, 6.45) is 0. The summed E-state index contributed by atoms with van der Waals surface area (Å²) >= 11 is 3.49. The van der Waals surface area contributed by atoms with Gasteiger partial charge in [-0.1, -0.05) is 48.5 Å². The summed E-state index contributed by atoms with van der Waals surface area (Å²) in [4.78, 5) is 2.37. The van der Waals surface area contributed by atoms with Crippen LogP contribution in [0.3, 0.4) is 0 Å². The molecule has 4 heteroatoms. The molecule has 0 aliphatic rings. The van der Waals surface area contributed by atoms with E-state index in [-0.39, 0.29) is 13.2 Å². The maximum Gasteiger partial charge on any atom is 0.0688 e. The first-order chi connectivity index (χ1) is 11.8. The van der Waals surface area contributed by atoms with Crippen LogP contribution in [-0.2, 0) is 13.2 Å². The van der Waals surface area contributed by atoms with Gasteiger partial charge in [-0.2, -0.15) is 0 Å². The van der Waals surface area contributed by atoms with Crippen LogP contribution in [0.1, 0.15) is 11.1 Å². The van der Waals surface area contributed by atoms with Gasteiger partial charge in [-0.15, -0.1) is 22.7 Å². The summed E-state index contributed by atoms with van der Waals surface area (Å²) in [6, 6.07) is 20.4. The predicted octanol–water partition coefficient (Wildman–Crippen LogP) is 5.28. The fourth-order valence-corrected chi connectivity index (χ4v) is 5.42. The van der Waals surface area contributed by atoms with Crippen molar-refractivity contribution in [3.05, 3.63) is 71.8 Å². The Hall–Kier alpha value is -1.98. The van der Waals surface area contributed by atoms with Crippen molar-refractivity contribution in [3.8, 4) is 20.9 Å². The molecule has 0 saturated carbocycles. The van der Waals surface area contributed by atoms with Crippen LogP contribution in [0.25, 0.3) is 30.3 Å². The van der Waals surface area contributed by atoms with Crippen molar-refractivity contribution in [3.63, 3.8) is 0 Å². The third-order valence-electron chi connectivity index (χ3n) is 4.11. The van der Waals surface area contributed by atoms with Crippen molar-refractivity contribution in [2.24, 2.45) is 0 Å². The highest BCUT2D eigenvalue weighted by Crippen LogP contribution is 2.43.